The lowest BCUT2D eigenvalue weighted by Crippen LogP contribution is -2.36. The summed E-state index contributed by atoms with van der Waals surface area (Å²) in [6.07, 6.45) is -2.94. The number of rotatable bonds is 3. The number of hydrogen-bond acceptors (Lipinski definition) is 5. The summed E-state index contributed by atoms with van der Waals surface area (Å²) in [5.74, 6) is 0.266. The van der Waals surface area contributed by atoms with E-state index in [1.54, 1.807) is 31.5 Å². The van der Waals surface area contributed by atoms with Crippen LogP contribution in [0.2, 0.25) is 0 Å². The summed E-state index contributed by atoms with van der Waals surface area (Å²) in [5.41, 5.74) is -0.583. The first kappa shape index (κ1) is 22.1. The van der Waals surface area contributed by atoms with E-state index in [0.717, 1.165) is 25.0 Å². The Kier molecular flexibility index (Phi) is 5.58. The molecule has 1 aromatic carbocycles. The number of halogens is 3. The molecule has 0 aliphatic carbocycles. The van der Waals surface area contributed by atoms with Gasteiger partial charge in [-0.2, -0.15) is 13.2 Å². The number of nitrogens with zero attached hydrogens (tertiary/aromatic N) is 4. The van der Waals surface area contributed by atoms with Gasteiger partial charge in [0.1, 0.15) is 5.82 Å². The van der Waals surface area contributed by atoms with Crippen molar-refractivity contribution in [1.82, 2.24) is 14.6 Å². The van der Waals surface area contributed by atoms with Crippen molar-refractivity contribution in [2.75, 3.05) is 36.5 Å². The summed E-state index contributed by atoms with van der Waals surface area (Å²) in [6, 6.07) is 7.29. The summed E-state index contributed by atoms with van der Waals surface area (Å²) in [4.78, 5) is 19.0. The highest BCUT2D eigenvalue weighted by atomic mass is 19.4. The van der Waals surface area contributed by atoms with E-state index in [9.17, 15) is 18.0 Å². The molecule has 0 saturated carbocycles. The summed E-state index contributed by atoms with van der Waals surface area (Å²) < 4.78 is 47.5. The van der Waals surface area contributed by atoms with Gasteiger partial charge in [-0.05, 0) is 24.3 Å². The molecule has 4 rings (SSSR count). The van der Waals surface area contributed by atoms with Crippen LogP contribution in [0.4, 0.5) is 24.7 Å². The van der Waals surface area contributed by atoms with Gasteiger partial charge in [0.25, 0.3) is 0 Å². The van der Waals surface area contributed by atoms with Crippen molar-refractivity contribution in [2.24, 2.45) is 5.41 Å². The third-order valence-electron chi connectivity index (χ3n) is 5.19. The maximum atomic E-state index is 13.5. The lowest BCUT2D eigenvalue weighted by molar-refractivity contribution is -0.137. The number of morpholine rings is 1. The van der Waals surface area contributed by atoms with E-state index in [1.807, 2.05) is 12.1 Å². The second-order valence-corrected chi connectivity index (χ2v) is 8.68. The SMILES string of the molecule is CC(C)(C)C(=O)Nc1cc(-c2cn3nc(N4CCOCC4)ccc3n2)ccc1C(F)(F)F. The van der Waals surface area contributed by atoms with Crippen molar-refractivity contribution in [3.63, 3.8) is 0 Å². The number of imidazole rings is 1. The predicted octanol–water partition coefficient (Wildman–Crippen LogP) is 4.24. The first-order valence-corrected chi connectivity index (χ1v) is 10.2. The molecule has 0 bridgehead atoms. The van der Waals surface area contributed by atoms with Crippen LogP contribution in [0.25, 0.3) is 16.9 Å². The van der Waals surface area contributed by atoms with Gasteiger partial charge < -0.3 is 15.0 Å². The number of carbonyl (C=O) groups is 1. The molecule has 2 aromatic heterocycles. The lowest BCUT2D eigenvalue weighted by atomic mass is 9.95. The van der Waals surface area contributed by atoms with Crippen LogP contribution in [0.5, 0.6) is 0 Å². The highest BCUT2D eigenvalue weighted by Crippen LogP contribution is 2.37. The fourth-order valence-corrected chi connectivity index (χ4v) is 3.34. The second kappa shape index (κ2) is 8.09. The van der Waals surface area contributed by atoms with Gasteiger partial charge in [-0.3, -0.25) is 4.79 Å². The summed E-state index contributed by atoms with van der Waals surface area (Å²) in [7, 11) is 0. The molecule has 0 unspecified atom stereocenters. The third-order valence-corrected chi connectivity index (χ3v) is 5.19. The quantitative estimate of drug-likeness (QED) is 0.651. The Morgan fingerprint density at radius 2 is 1.81 bits per heavy atom. The number of amides is 1. The average molecular weight is 447 g/mol. The van der Waals surface area contributed by atoms with Crippen molar-refractivity contribution in [3.05, 3.63) is 42.1 Å². The molecule has 3 aromatic rings. The monoisotopic (exact) mass is 447 g/mol. The van der Waals surface area contributed by atoms with Crippen molar-refractivity contribution >= 4 is 23.1 Å². The zero-order valence-corrected chi connectivity index (χ0v) is 18.0. The van der Waals surface area contributed by atoms with E-state index in [2.05, 4.69) is 20.3 Å². The molecule has 1 aliphatic rings. The topological polar surface area (TPSA) is 71.8 Å². The molecule has 1 N–H and O–H groups in total. The van der Waals surface area contributed by atoms with Crippen LogP contribution >= 0.6 is 0 Å². The van der Waals surface area contributed by atoms with E-state index in [4.69, 9.17) is 4.74 Å². The van der Waals surface area contributed by atoms with Crippen molar-refractivity contribution in [2.45, 2.75) is 26.9 Å². The third kappa shape index (κ3) is 4.55. The first-order valence-electron chi connectivity index (χ1n) is 10.2. The standard InChI is InChI=1S/C22H24F3N5O2/c1-21(2,3)20(31)27-16-12-14(4-5-15(16)22(23,24)25)17-13-30-18(26-17)6-7-19(28-30)29-8-10-32-11-9-29/h4-7,12-13H,8-11H2,1-3H3,(H,27,31). The second-order valence-electron chi connectivity index (χ2n) is 8.68. The molecule has 1 aliphatic heterocycles. The van der Waals surface area contributed by atoms with Crippen molar-refractivity contribution in [3.8, 4) is 11.3 Å². The molecule has 32 heavy (non-hydrogen) atoms. The predicted molar refractivity (Wildman–Crippen MR) is 115 cm³/mol. The Hall–Kier alpha value is -3.14. The molecule has 0 atom stereocenters. The van der Waals surface area contributed by atoms with Gasteiger partial charge in [0.05, 0.1) is 36.4 Å². The molecular weight excluding hydrogens is 423 g/mol. The maximum Gasteiger partial charge on any atom is 0.418 e. The molecule has 1 fully saturated rings. The molecule has 1 amide bonds. The Morgan fingerprint density at radius 1 is 1.09 bits per heavy atom. The molecule has 0 spiro atoms. The smallest absolute Gasteiger partial charge is 0.378 e. The van der Waals surface area contributed by atoms with E-state index in [0.29, 0.717) is 30.1 Å². The van der Waals surface area contributed by atoms with E-state index in [1.165, 1.54) is 12.1 Å². The van der Waals surface area contributed by atoms with E-state index >= 15 is 0 Å². The van der Waals surface area contributed by atoms with Gasteiger partial charge in [0.2, 0.25) is 5.91 Å². The summed E-state index contributed by atoms with van der Waals surface area (Å²) in [6.45, 7) is 7.64. The maximum absolute atomic E-state index is 13.5. The van der Waals surface area contributed by atoms with E-state index < -0.39 is 23.1 Å². The zero-order valence-electron chi connectivity index (χ0n) is 18.0. The normalized spacial score (nSPS) is 15.2. The van der Waals surface area contributed by atoms with Crippen LogP contribution in [0.15, 0.2) is 36.5 Å². The lowest BCUT2D eigenvalue weighted by Gasteiger charge is -2.27. The summed E-state index contributed by atoms with van der Waals surface area (Å²) >= 11 is 0. The number of aromatic nitrogens is 3. The van der Waals surface area contributed by atoms with Crippen molar-refractivity contribution in [1.29, 1.82) is 0 Å². The van der Waals surface area contributed by atoms with Gasteiger partial charge in [-0.25, -0.2) is 9.50 Å². The van der Waals surface area contributed by atoms with E-state index in [-0.39, 0.29) is 5.69 Å². The fourth-order valence-electron chi connectivity index (χ4n) is 3.34. The van der Waals surface area contributed by atoms with Crippen LogP contribution in [-0.4, -0.2) is 46.8 Å². The molecule has 7 nitrogen and oxygen atoms in total. The van der Waals surface area contributed by atoms with Crippen LogP contribution in [-0.2, 0) is 15.7 Å². The number of anilines is 2. The van der Waals surface area contributed by atoms with Gasteiger partial charge in [-0.1, -0.05) is 26.8 Å². The minimum Gasteiger partial charge on any atom is -0.378 e. The van der Waals surface area contributed by atoms with Crippen LogP contribution in [0.3, 0.4) is 0 Å². The molecule has 1 saturated heterocycles. The summed E-state index contributed by atoms with van der Waals surface area (Å²) in [5, 5.41) is 7.01. The molecule has 10 heteroatoms. The highest BCUT2D eigenvalue weighted by Gasteiger charge is 2.35. The average Bonchev–Trinajstić information content (AvgIpc) is 3.16. The fraction of sp³-hybridized carbons (Fsp3) is 0.409. The largest absolute Gasteiger partial charge is 0.418 e. The number of nitrogens with one attached hydrogen (secondary N) is 1. The molecule has 3 heterocycles. The number of ether oxygens (including phenoxy) is 1. The number of carbonyl (C=O) groups excluding carboxylic acids is 1. The van der Waals surface area contributed by atoms with Gasteiger partial charge in [-0.15, -0.1) is 5.10 Å². The molecular formula is C22H24F3N5O2. The molecule has 0 radical (unpaired) electrons. The minimum absolute atomic E-state index is 0.297. The van der Waals surface area contributed by atoms with Gasteiger partial charge >= 0.3 is 6.18 Å². The first-order chi connectivity index (χ1) is 15.0. The highest BCUT2D eigenvalue weighted by molar-refractivity contribution is 5.96. The van der Waals surface area contributed by atoms with Crippen molar-refractivity contribution < 1.29 is 22.7 Å². The Morgan fingerprint density at radius 3 is 2.47 bits per heavy atom. The Balaban J connectivity index is 1.70. The number of benzene rings is 1. The molecule has 170 valence electrons. The van der Waals surface area contributed by atoms with Gasteiger partial charge in [0.15, 0.2) is 5.65 Å². The Bertz CT molecular complexity index is 1140. The number of alkyl halides is 3. The van der Waals surface area contributed by atoms with Crippen LogP contribution < -0.4 is 10.2 Å². The number of hydrogen-bond donors (Lipinski definition) is 1. The van der Waals surface area contributed by atoms with Gasteiger partial charge in [0, 0.05) is 24.1 Å². The number of fused-ring (bicyclic) bond motifs is 1. The zero-order chi connectivity index (χ0) is 23.1. The van der Waals surface area contributed by atoms with Crippen LogP contribution in [0.1, 0.15) is 26.3 Å². The minimum atomic E-state index is -4.60. The Labute approximate surface area is 183 Å². The van der Waals surface area contributed by atoms with Crippen LogP contribution in [0, 0.1) is 5.41 Å².